The van der Waals surface area contributed by atoms with Crippen molar-refractivity contribution in [3.05, 3.63) is 29.3 Å². The number of hydrogen-bond donors (Lipinski definition) is 2. The van der Waals surface area contributed by atoms with Gasteiger partial charge in [0.05, 0.1) is 5.56 Å². The largest absolute Gasteiger partial charge is 0.478 e. The molecule has 3 nitrogen and oxygen atoms in total. The van der Waals surface area contributed by atoms with Gasteiger partial charge >= 0.3 is 12.1 Å². The van der Waals surface area contributed by atoms with Crippen LogP contribution < -0.4 is 5.32 Å². The molecule has 0 saturated heterocycles. The van der Waals surface area contributed by atoms with Gasteiger partial charge in [0.15, 0.2) is 0 Å². The molecule has 0 aliphatic carbocycles. The number of carbonyl (C=O) groups is 1. The van der Waals surface area contributed by atoms with Crippen molar-refractivity contribution in [1.29, 1.82) is 0 Å². The Morgan fingerprint density at radius 2 is 2.05 bits per heavy atom. The molecule has 1 aromatic carbocycles. The Kier molecular flexibility index (Phi) is 5.42. The number of carboxylic acid groups (broad SMARTS) is 1. The summed E-state index contributed by atoms with van der Waals surface area (Å²) in [7, 11) is 0. The number of aryl methyl sites for hydroxylation is 1. The van der Waals surface area contributed by atoms with Crippen LogP contribution in [0.25, 0.3) is 0 Å². The molecule has 0 spiro atoms. The van der Waals surface area contributed by atoms with Gasteiger partial charge in [-0.2, -0.15) is 13.2 Å². The molecular formula is C14H18F3NO2. The van der Waals surface area contributed by atoms with E-state index in [1.54, 1.807) is 13.0 Å². The van der Waals surface area contributed by atoms with Crippen molar-refractivity contribution in [3.63, 3.8) is 0 Å². The Bertz CT molecular complexity index is 472. The fourth-order valence-corrected chi connectivity index (χ4v) is 1.86. The van der Waals surface area contributed by atoms with Crippen molar-refractivity contribution >= 4 is 11.7 Å². The van der Waals surface area contributed by atoms with E-state index in [-0.39, 0.29) is 18.0 Å². The van der Waals surface area contributed by atoms with Crippen molar-refractivity contribution in [2.24, 2.45) is 0 Å². The normalized spacial score (nSPS) is 13.1. The third kappa shape index (κ3) is 5.50. The third-order valence-corrected chi connectivity index (χ3v) is 2.98. The van der Waals surface area contributed by atoms with Crippen molar-refractivity contribution in [1.82, 2.24) is 0 Å². The van der Waals surface area contributed by atoms with Gasteiger partial charge in [0.2, 0.25) is 0 Å². The van der Waals surface area contributed by atoms with Crippen molar-refractivity contribution in [3.8, 4) is 0 Å². The van der Waals surface area contributed by atoms with E-state index in [0.717, 1.165) is 5.56 Å². The lowest BCUT2D eigenvalue weighted by Crippen LogP contribution is -2.17. The molecule has 1 aromatic rings. The first-order valence-electron chi connectivity index (χ1n) is 6.36. The van der Waals surface area contributed by atoms with Crippen molar-refractivity contribution < 1.29 is 23.1 Å². The summed E-state index contributed by atoms with van der Waals surface area (Å²) in [6.45, 7) is 3.60. The zero-order chi connectivity index (χ0) is 15.3. The Balaban J connectivity index is 2.59. The van der Waals surface area contributed by atoms with E-state index in [0.29, 0.717) is 12.1 Å². The number of aromatic carboxylic acids is 1. The van der Waals surface area contributed by atoms with Crippen LogP contribution in [0.3, 0.4) is 0 Å². The van der Waals surface area contributed by atoms with E-state index in [1.807, 2.05) is 6.92 Å². The summed E-state index contributed by atoms with van der Waals surface area (Å²) < 4.78 is 36.2. The maximum absolute atomic E-state index is 12.1. The van der Waals surface area contributed by atoms with Gasteiger partial charge in [-0.25, -0.2) is 4.79 Å². The minimum Gasteiger partial charge on any atom is -0.478 e. The first kappa shape index (κ1) is 16.3. The molecule has 0 bridgehead atoms. The van der Waals surface area contributed by atoms with Gasteiger partial charge in [0.1, 0.15) is 0 Å². The number of anilines is 1. The highest BCUT2D eigenvalue weighted by molar-refractivity contribution is 5.89. The molecule has 6 heteroatoms. The molecule has 0 aliphatic heterocycles. The highest BCUT2D eigenvalue weighted by Crippen LogP contribution is 2.24. The molecule has 0 heterocycles. The lowest BCUT2D eigenvalue weighted by molar-refractivity contribution is -0.135. The second-order valence-electron chi connectivity index (χ2n) is 4.89. The lowest BCUT2D eigenvalue weighted by atomic mass is 10.1. The van der Waals surface area contributed by atoms with Crippen LogP contribution in [0.5, 0.6) is 0 Å². The van der Waals surface area contributed by atoms with E-state index in [2.05, 4.69) is 5.32 Å². The predicted octanol–water partition coefficient (Wildman–Crippen LogP) is 4.23. The summed E-state index contributed by atoms with van der Waals surface area (Å²) in [6, 6.07) is 4.52. The number of alkyl halides is 3. The molecule has 0 saturated carbocycles. The van der Waals surface area contributed by atoms with Gasteiger partial charge < -0.3 is 10.4 Å². The molecule has 112 valence electrons. The number of nitrogens with one attached hydrogen (secondary N) is 1. The summed E-state index contributed by atoms with van der Waals surface area (Å²) in [5.74, 6) is -1.03. The van der Waals surface area contributed by atoms with Crippen LogP contribution in [0, 0.1) is 6.92 Å². The van der Waals surface area contributed by atoms with Crippen LogP contribution >= 0.6 is 0 Å². The van der Waals surface area contributed by atoms with E-state index in [9.17, 15) is 18.0 Å². The summed E-state index contributed by atoms with van der Waals surface area (Å²) in [6.07, 6.45) is -4.50. The van der Waals surface area contributed by atoms with Crippen LogP contribution in [-0.2, 0) is 0 Å². The number of benzene rings is 1. The van der Waals surface area contributed by atoms with Gasteiger partial charge in [-0.15, -0.1) is 0 Å². The quantitative estimate of drug-likeness (QED) is 0.824. The van der Waals surface area contributed by atoms with Gasteiger partial charge in [0.25, 0.3) is 0 Å². The van der Waals surface area contributed by atoms with Gasteiger partial charge in [-0.1, -0.05) is 6.07 Å². The molecule has 0 aliphatic rings. The van der Waals surface area contributed by atoms with Crippen LogP contribution in [0.4, 0.5) is 18.9 Å². The van der Waals surface area contributed by atoms with E-state index < -0.39 is 18.6 Å². The van der Waals surface area contributed by atoms with Crippen LogP contribution in [-0.4, -0.2) is 23.3 Å². The molecule has 1 atom stereocenters. The Labute approximate surface area is 115 Å². The number of carboxylic acids is 1. The highest BCUT2D eigenvalue weighted by atomic mass is 19.4. The summed E-state index contributed by atoms with van der Waals surface area (Å²) in [5.41, 5.74) is 1.66. The molecule has 0 fully saturated rings. The Morgan fingerprint density at radius 1 is 1.40 bits per heavy atom. The molecule has 0 radical (unpaired) electrons. The average molecular weight is 289 g/mol. The first-order valence-corrected chi connectivity index (χ1v) is 6.36. The SMILES string of the molecule is Cc1ccc(C(=O)O)cc1NC(C)CCCC(F)(F)F. The Hall–Kier alpha value is -1.72. The first-order chi connectivity index (χ1) is 9.19. The topological polar surface area (TPSA) is 49.3 Å². The van der Waals surface area contributed by atoms with E-state index >= 15 is 0 Å². The van der Waals surface area contributed by atoms with E-state index in [1.165, 1.54) is 12.1 Å². The summed E-state index contributed by atoms with van der Waals surface area (Å²) in [5, 5.41) is 12.0. The molecule has 0 aromatic heterocycles. The van der Waals surface area contributed by atoms with Crippen molar-refractivity contribution in [2.75, 3.05) is 5.32 Å². The van der Waals surface area contributed by atoms with E-state index in [4.69, 9.17) is 5.11 Å². The van der Waals surface area contributed by atoms with Crippen molar-refractivity contribution in [2.45, 2.75) is 45.3 Å². The molecular weight excluding hydrogens is 271 g/mol. The number of halogens is 3. The minimum absolute atomic E-state index is 0.0509. The molecule has 1 unspecified atom stereocenters. The van der Waals surface area contributed by atoms with Gasteiger partial charge in [-0.3, -0.25) is 0 Å². The highest BCUT2D eigenvalue weighted by Gasteiger charge is 2.26. The number of hydrogen-bond acceptors (Lipinski definition) is 2. The molecule has 20 heavy (non-hydrogen) atoms. The second-order valence-corrected chi connectivity index (χ2v) is 4.89. The lowest BCUT2D eigenvalue weighted by Gasteiger charge is -2.18. The molecule has 0 amide bonds. The van der Waals surface area contributed by atoms with Gasteiger partial charge in [0, 0.05) is 18.2 Å². The smallest absolute Gasteiger partial charge is 0.389 e. The molecule has 2 N–H and O–H groups in total. The minimum atomic E-state index is -4.13. The third-order valence-electron chi connectivity index (χ3n) is 2.98. The fraction of sp³-hybridized carbons (Fsp3) is 0.500. The van der Waals surface area contributed by atoms with Gasteiger partial charge in [-0.05, 0) is 44.4 Å². The maximum Gasteiger partial charge on any atom is 0.389 e. The molecule has 1 rings (SSSR count). The summed E-state index contributed by atoms with van der Waals surface area (Å²) >= 11 is 0. The zero-order valence-electron chi connectivity index (χ0n) is 11.4. The fourth-order valence-electron chi connectivity index (χ4n) is 1.86. The maximum atomic E-state index is 12.1. The zero-order valence-corrected chi connectivity index (χ0v) is 11.4. The standard InChI is InChI=1S/C14H18F3NO2/c1-9-5-6-11(13(19)20)8-12(9)18-10(2)4-3-7-14(15,16)17/h5-6,8,10,18H,3-4,7H2,1-2H3,(H,19,20). The average Bonchev–Trinajstić information content (AvgIpc) is 2.30. The van der Waals surface area contributed by atoms with Crippen LogP contribution in [0.15, 0.2) is 18.2 Å². The summed E-state index contributed by atoms with van der Waals surface area (Å²) in [4.78, 5) is 10.9. The van der Waals surface area contributed by atoms with Crippen LogP contribution in [0.2, 0.25) is 0 Å². The Morgan fingerprint density at radius 3 is 2.60 bits per heavy atom. The van der Waals surface area contributed by atoms with Crippen LogP contribution in [0.1, 0.15) is 42.1 Å². The monoisotopic (exact) mass is 289 g/mol. The predicted molar refractivity (Wildman–Crippen MR) is 71.1 cm³/mol. The second kappa shape index (κ2) is 6.63. The number of rotatable bonds is 6.